The molecule has 1 aromatic heterocycles. The van der Waals surface area contributed by atoms with E-state index < -0.39 is 0 Å². The number of hydrogen-bond acceptors (Lipinski definition) is 3. The number of furan rings is 1. The Morgan fingerprint density at radius 2 is 1.86 bits per heavy atom. The number of carbonyl (C=O) groups is 1. The van der Waals surface area contributed by atoms with Crippen molar-refractivity contribution in [1.82, 2.24) is 5.32 Å². The lowest BCUT2D eigenvalue weighted by Crippen LogP contribution is -2.29. The zero-order valence-corrected chi connectivity index (χ0v) is 12.7. The first-order valence-electron chi connectivity index (χ1n) is 7.23. The van der Waals surface area contributed by atoms with Crippen LogP contribution >= 0.6 is 0 Å². The molecule has 0 saturated heterocycles. The Morgan fingerprint density at radius 1 is 1.14 bits per heavy atom. The Balaban J connectivity index is 1.81. The Hall–Kier alpha value is -2.07. The number of benzene rings is 1. The Bertz CT molecular complexity index is 559. The third-order valence-corrected chi connectivity index (χ3v) is 3.40. The summed E-state index contributed by atoms with van der Waals surface area (Å²) >= 11 is 0. The van der Waals surface area contributed by atoms with Crippen LogP contribution < -0.4 is 10.6 Å². The van der Waals surface area contributed by atoms with Crippen molar-refractivity contribution in [3.05, 3.63) is 54.0 Å². The number of carbonyl (C=O) groups excluding carboxylic acids is 1. The van der Waals surface area contributed by atoms with Gasteiger partial charge in [-0.05, 0) is 42.7 Å². The van der Waals surface area contributed by atoms with Gasteiger partial charge in [-0.1, -0.05) is 26.0 Å². The molecule has 21 heavy (non-hydrogen) atoms. The number of amides is 1. The topological polar surface area (TPSA) is 54.3 Å². The quantitative estimate of drug-likeness (QED) is 0.851. The molecule has 2 aromatic rings. The highest BCUT2D eigenvalue weighted by atomic mass is 16.3. The monoisotopic (exact) mass is 286 g/mol. The van der Waals surface area contributed by atoms with Gasteiger partial charge in [-0.15, -0.1) is 0 Å². The molecule has 0 bridgehead atoms. The maximum absolute atomic E-state index is 11.9. The molecule has 1 atom stereocenters. The molecule has 2 N–H and O–H groups in total. The van der Waals surface area contributed by atoms with Crippen LogP contribution in [0.25, 0.3) is 0 Å². The molecule has 0 aliphatic carbocycles. The number of anilines is 1. The van der Waals surface area contributed by atoms with Crippen molar-refractivity contribution in [2.24, 2.45) is 0 Å². The van der Waals surface area contributed by atoms with Crippen LogP contribution in [0.2, 0.25) is 0 Å². The van der Waals surface area contributed by atoms with E-state index in [0.29, 0.717) is 5.92 Å². The second-order valence-corrected chi connectivity index (χ2v) is 5.44. The first-order valence-corrected chi connectivity index (χ1v) is 7.23. The summed E-state index contributed by atoms with van der Waals surface area (Å²) in [5.41, 5.74) is 2.08. The zero-order chi connectivity index (χ0) is 15.2. The number of rotatable bonds is 6. The standard InChI is InChI=1S/C17H22N2O2/c1-12(2)14-6-8-15(9-7-14)19-17(20)11-18-13(3)16-5-4-10-21-16/h4-10,12-13,18H,11H2,1-3H3,(H,19,20)/t13-/m0/s1. The fourth-order valence-electron chi connectivity index (χ4n) is 2.04. The fraction of sp³-hybridized carbons (Fsp3) is 0.353. The van der Waals surface area contributed by atoms with Crippen molar-refractivity contribution in [2.75, 3.05) is 11.9 Å². The van der Waals surface area contributed by atoms with Crippen LogP contribution in [0.15, 0.2) is 47.1 Å². The normalized spacial score (nSPS) is 12.4. The van der Waals surface area contributed by atoms with Gasteiger partial charge in [0.1, 0.15) is 5.76 Å². The summed E-state index contributed by atoms with van der Waals surface area (Å²) in [5, 5.41) is 6.01. The predicted octanol–water partition coefficient (Wildman–Crippen LogP) is 3.69. The van der Waals surface area contributed by atoms with Crippen LogP contribution in [0.3, 0.4) is 0 Å². The molecular formula is C17H22N2O2. The molecule has 0 aliphatic rings. The first kappa shape index (κ1) is 15.3. The molecule has 0 unspecified atom stereocenters. The van der Waals surface area contributed by atoms with E-state index in [-0.39, 0.29) is 18.5 Å². The molecule has 0 saturated carbocycles. The van der Waals surface area contributed by atoms with Crippen LogP contribution in [0, 0.1) is 0 Å². The van der Waals surface area contributed by atoms with E-state index >= 15 is 0 Å². The lowest BCUT2D eigenvalue weighted by atomic mass is 10.0. The van der Waals surface area contributed by atoms with Crippen molar-refractivity contribution in [3.63, 3.8) is 0 Å². The largest absolute Gasteiger partial charge is 0.468 e. The SMILES string of the molecule is CC(C)c1ccc(NC(=O)CN[C@@H](C)c2ccco2)cc1. The van der Waals surface area contributed by atoms with Crippen LogP contribution in [0.5, 0.6) is 0 Å². The summed E-state index contributed by atoms with van der Waals surface area (Å²) in [7, 11) is 0. The summed E-state index contributed by atoms with van der Waals surface area (Å²) < 4.78 is 5.29. The van der Waals surface area contributed by atoms with Gasteiger partial charge in [-0.25, -0.2) is 0 Å². The van der Waals surface area contributed by atoms with Gasteiger partial charge in [-0.2, -0.15) is 0 Å². The number of hydrogen-bond donors (Lipinski definition) is 2. The third kappa shape index (κ3) is 4.46. The van der Waals surface area contributed by atoms with Crippen LogP contribution in [0.4, 0.5) is 5.69 Å². The minimum atomic E-state index is -0.0642. The fourth-order valence-corrected chi connectivity index (χ4v) is 2.04. The molecule has 112 valence electrons. The molecule has 1 aromatic carbocycles. The van der Waals surface area contributed by atoms with Gasteiger partial charge < -0.3 is 9.73 Å². The minimum absolute atomic E-state index is 0.00840. The highest BCUT2D eigenvalue weighted by molar-refractivity contribution is 5.92. The summed E-state index contributed by atoms with van der Waals surface area (Å²) in [5.74, 6) is 1.25. The van der Waals surface area contributed by atoms with E-state index in [1.165, 1.54) is 5.56 Å². The first-order chi connectivity index (χ1) is 10.1. The second kappa shape index (κ2) is 7.09. The minimum Gasteiger partial charge on any atom is -0.468 e. The Labute approximate surface area is 125 Å². The van der Waals surface area contributed by atoms with Gasteiger partial charge >= 0.3 is 0 Å². The lowest BCUT2D eigenvalue weighted by Gasteiger charge is -2.12. The van der Waals surface area contributed by atoms with Gasteiger partial charge in [-0.3, -0.25) is 10.1 Å². The molecule has 0 spiro atoms. The average molecular weight is 286 g/mol. The van der Waals surface area contributed by atoms with E-state index in [0.717, 1.165) is 11.4 Å². The summed E-state index contributed by atoms with van der Waals surface area (Å²) in [6.45, 7) is 6.50. The second-order valence-electron chi connectivity index (χ2n) is 5.44. The molecule has 0 aliphatic heterocycles. The van der Waals surface area contributed by atoms with Crippen molar-refractivity contribution in [1.29, 1.82) is 0 Å². The van der Waals surface area contributed by atoms with E-state index in [1.54, 1.807) is 6.26 Å². The Morgan fingerprint density at radius 3 is 2.43 bits per heavy atom. The molecule has 2 rings (SSSR count). The third-order valence-electron chi connectivity index (χ3n) is 3.40. The summed E-state index contributed by atoms with van der Waals surface area (Å²) in [4.78, 5) is 11.9. The van der Waals surface area contributed by atoms with E-state index in [4.69, 9.17) is 4.42 Å². The molecular weight excluding hydrogens is 264 g/mol. The van der Waals surface area contributed by atoms with E-state index in [2.05, 4.69) is 24.5 Å². The van der Waals surface area contributed by atoms with Crippen molar-refractivity contribution < 1.29 is 9.21 Å². The van der Waals surface area contributed by atoms with Gasteiger partial charge in [0.15, 0.2) is 0 Å². The van der Waals surface area contributed by atoms with E-state index in [1.807, 2.05) is 43.3 Å². The van der Waals surface area contributed by atoms with Gasteiger partial charge in [0, 0.05) is 5.69 Å². The Kier molecular flexibility index (Phi) is 5.17. The van der Waals surface area contributed by atoms with Crippen molar-refractivity contribution in [2.45, 2.75) is 32.7 Å². The molecule has 0 fully saturated rings. The van der Waals surface area contributed by atoms with E-state index in [9.17, 15) is 4.79 Å². The molecule has 1 heterocycles. The van der Waals surface area contributed by atoms with Gasteiger partial charge in [0.25, 0.3) is 0 Å². The average Bonchev–Trinajstić information content (AvgIpc) is 2.99. The smallest absolute Gasteiger partial charge is 0.238 e. The zero-order valence-electron chi connectivity index (χ0n) is 12.7. The molecule has 1 amide bonds. The highest BCUT2D eigenvalue weighted by Crippen LogP contribution is 2.17. The predicted molar refractivity (Wildman–Crippen MR) is 84.3 cm³/mol. The molecule has 0 radical (unpaired) electrons. The lowest BCUT2D eigenvalue weighted by molar-refractivity contribution is -0.115. The van der Waals surface area contributed by atoms with Crippen molar-refractivity contribution in [3.8, 4) is 0 Å². The summed E-state index contributed by atoms with van der Waals surface area (Å²) in [6, 6.07) is 11.7. The highest BCUT2D eigenvalue weighted by Gasteiger charge is 2.10. The molecule has 4 nitrogen and oxygen atoms in total. The van der Waals surface area contributed by atoms with Gasteiger partial charge in [0.05, 0.1) is 18.8 Å². The number of nitrogens with one attached hydrogen (secondary N) is 2. The van der Waals surface area contributed by atoms with Crippen LogP contribution in [-0.2, 0) is 4.79 Å². The van der Waals surface area contributed by atoms with Crippen LogP contribution in [-0.4, -0.2) is 12.5 Å². The van der Waals surface area contributed by atoms with Crippen LogP contribution in [0.1, 0.15) is 44.1 Å². The molecule has 4 heteroatoms. The summed E-state index contributed by atoms with van der Waals surface area (Å²) in [6.07, 6.45) is 1.63. The van der Waals surface area contributed by atoms with Gasteiger partial charge in [0.2, 0.25) is 5.91 Å². The maximum Gasteiger partial charge on any atom is 0.238 e. The van der Waals surface area contributed by atoms with Crippen molar-refractivity contribution >= 4 is 11.6 Å². The maximum atomic E-state index is 11.9.